The zero-order valence-electron chi connectivity index (χ0n) is 12.0. The molecule has 0 atom stereocenters. The zero-order chi connectivity index (χ0) is 17.0. The molecule has 0 radical (unpaired) electrons. The monoisotopic (exact) mass is 317 g/mol. The van der Waals surface area contributed by atoms with Gasteiger partial charge in [-0.05, 0) is 30.3 Å². The highest BCUT2D eigenvalue weighted by Crippen LogP contribution is 2.20. The summed E-state index contributed by atoms with van der Waals surface area (Å²) in [7, 11) is 1.27. The van der Waals surface area contributed by atoms with Crippen LogP contribution in [-0.4, -0.2) is 35.0 Å². The highest BCUT2D eigenvalue weighted by Gasteiger charge is 2.23. The number of oxime groups is 1. The maximum Gasteiger partial charge on any atom is 0.337 e. The van der Waals surface area contributed by atoms with Crippen molar-refractivity contribution < 1.29 is 29.0 Å². The van der Waals surface area contributed by atoms with Crippen LogP contribution < -0.4 is 0 Å². The number of hydrogen-bond donors (Lipinski definition) is 2. The van der Waals surface area contributed by atoms with Crippen LogP contribution in [-0.2, 0) is 4.84 Å². The summed E-state index contributed by atoms with van der Waals surface area (Å²) in [5.41, 5.74) is -0.252. The van der Waals surface area contributed by atoms with Crippen LogP contribution in [0.3, 0.4) is 0 Å². The molecule has 0 spiro atoms. The molecule has 0 aliphatic rings. The van der Waals surface area contributed by atoms with Crippen molar-refractivity contribution in [2.75, 3.05) is 7.11 Å². The summed E-state index contributed by atoms with van der Waals surface area (Å²) >= 11 is 0. The van der Waals surface area contributed by atoms with Gasteiger partial charge in [0.1, 0.15) is 18.6 Å². The van der Waals surface area contributed by atoms with E-state index in [1.54, 1.807) is 0 Å². The van der Waals surface area contributed by atoms with E-state index in [2.05, 4.69) is 5.16 Å². The van der Waals surface area contributed by atoms with Gasteiger partial charge in [0.2, 0.25) is 0 Å². The molecule has 0 aliphatic carbocycles. The number of rotatable bonds is 5. The Labute approximate surface area is 130 Å². The molecule has 2 aromatic carbocycles. The van der Waals surface area contributed by atoms with Crippen LogP contribution in [0.5, 0.6) is 0 Å². The first kappa shape index (κ1) is 16.2. The fourth-order valence-electron chi connectivity index (χ4n) is 2.11. The second-order valence-corrected chi connectivity index (χ2v) is 4.47. The number of hydrogen-bond acceptors (Lipinski definition) is 4. The summed E-state index contributed by atoms with van der Waals surface area (Å²) in [4.78, 5) is 27.5. The Hall–Kier alpha value is -3.22. The van der Waals surface area contributed by atoms with Crippen LogP contribution in [0, 0.1) is 5.82 Å². The quantitative estimate of drug-likeness (QED) is 0.653. The van der Waals surface area contributed by atoms with E-state index in [4.69, 9.17) is 4.84 Å². The summed E-state index contributed by atoms with van der Waals surface area (Å²) in [6.45, 7) is 0. The molecule has 23 heavy (non-hydrogen) atoms. The molecule has 7 heteroatoms. The molecular formula is C16H12FNO5. The van der Waals surface area contributed by atoms with Crippen molar-refractivity contribution in [1.29, 1.82) is 0 Å². The van der Waals surface area contributed by atoms with Crippen molar-refractivity contribution in [3.63, 3.8) is 0 Å². The highest BCUT2D eigenvalue weighted by atomic mass is 19.1. The Morgan fingerprint density at radius 1 is 1.00 bits per heavy atom. The van der Waals surface area contributed by atoms with Gasteiger partial charge in [-0.25, -0.2) is 14.0 Å². The minimum Gasteiger partial charge on any atom is -0.478 e. The predicted molar refractivity (Wildman–Crippen MR) is 79.4 cm³/mol. The molecule has 0 saturated heterocycles. The Morgan fingerprint density at radius 2 is 1.61 bits per heavy atom. The summed E-state index contributed by atoms with van der Waals surface area (Å²) in [5.74, 6) is -3.26. The number of benzene rings is 2. The van der Waals surface area contributed by atoms with E-state index in [0.29, 0.717) is 5.56 Å². The predicted octanol–water partition coefficient (Wildman–Crippen LogP) is 2.62. The minimum atomic E-state index is -1.41. The van der Waals surface area contributed by atoms with Gasteiger partial charge < -0.3 is 15.1 Å². The van der Waals surface area contributed by atoms with Crippen molar-refractivity contribution in [2.45, 2.75) is 0 Å². The second kappa shape index (κ2) is 6.69. The zero-order valence-corrected chi connectivity index (χ0v) is 12.0. The molecule has 0 bridgehead atoms. The van der Waals surface area contributed by atoms with Crippen LogP contribution in [0.2, 0.25) is 0 Å². The fraction of sp³-hybridized carbons (Fsp3) is 0.0625. The Kier molecular flexibility index (Phi) is 4.70. The number of aromatic carboxylic acids is 2. The number of nitrogens with zero attached hydrogens (tertiary/aromatic N) is 1. The SMILES string of the molecule is CO/N=C(\c1ccc(F)cc1)c1cccc(C(=O)O)c1C(=O)O. The molecule has 2 rings (SSSR count). The van der Waals surface area contributed by atoms with Crippen LogP contribution in [0.1, 0.15) is 31.8 Å². The van der Waals surface area contributed by atoms with Crippen molar-refractivity contribution in [2.24, 2.45) is 5.16 Å². The lowest BCUT2D eigenvalue weighted by molar-refractivity contribution is 0.0651. The second-order valence-electron chi connectivity index (χ2n) is 4.47. The maximum absolute atomic E-state index is 13.1. The number of carboxylic acids is 2. The normalized spacial score (nSPS) is 11.1. The third-order valence-electron chi connectivity index (χ3n) is 3.06. The standard InChI is InChI=1S/C16H12FNO5/c1-23-18-14(9-5-7-10(17)8-6-9)11-3-2-4-12(15(19)20)13(11)16(21)22/h2-8H,1H3,(H,19,20)(H,21,22)/b18-14+. The van der Waals surface area contributed by atoms with Gasteiger partial charge in [0.05, 0.1) is 11.1 Å². The third kappa shape index (κ3) is 3.34. The molecule has 0 saturated carbocycles. The molecule has 0 amide bonds. The van der Waals surface area contributed by atoms with E-state index < -0.39 is 23.3 Å². The lowest BCUT2D eigenvalue weighted by Gasteiger charge is -2.11. The summed E-state index contributed by atoms with van der Waals surface area (Å²) in [6, 6.07) is 9.16. The van der Waals surface area contributed by atoms with Crippen LogP contribution >= 0.6 is 0 Å². The molecule has 0 heterocycles. The topological polar surface area (TPSA) is 96.2 Å². The molecule has 2 N–H and O–H groups in total. The molecule has 0 unspecified atom stereocenters. The van der Waals surface area contributed by atoms with Gasteiger partial charge in [0, 0.05) is 11.1 Å². The van der Waals surface area contributed by atoms with Crippen molar-refractivity contribution in [1.82, 2.24) is 0 Å². The first-order valence-corrected chi connectivity index (χ1v) is 6.42. The number of halogens is 1. The molecule has 118 valence electrons. The molecule has 0 aliphatic heterocycles. The van der Waals surface area contributed by atoms with Crippen molar-refractivity contribution in [3.8, 4) is 0 Å². The van der Waals surface area contributed by atoms with Gasteiger partial charge in [-0.1, -0.05) is 17.3 Å². The molecule has 2 aromatic rings. The van der Waals surface area contributed by atoms with Gasteiger partial charge in [0.15, 0.2) is 0 Å². The summed E-state index contributed by atoms with van der Waals surface area (Å²) < 4.78 is 13.1. The van der Waals surface area contributed by atoms with Crippen LogP contribution in [0.4, 0.5) is 4.39 Å². The molecular weight excluding hydrogens is 305 g/mol. The average molecular weight is 317 g/mol. The summed E-state index contributed by atoms with van der Waals surface area (Å²) in [6.07, 6.45) is 0. The van der Waals surface area contributed by atoms with E-state index in [9.17, 15) is 24.2 Å². The van der Waals surface area contributed by atoms with E-state index in [-0.39, 0.29) is 16.8 Å². The van der Waals surface area contributed by atoms with E-state index >= 15 is 0 Å². The first-order chi connectivity index (χ1) is 11.0. The van der Waals surface area contributed by atoms with Crippen LogP contribution in [0.25, 0.3) is 0 Å². The lowest BCUT2D eigenvalue weighted by atomic mass is 9.94. The van der Waals surface area contributed by atoms with Gasteiger partial charge >= 0.3 is 11.9 Å². The van der Waals surface area contributed by atoms with Crippen molar-refractivity contribution >= 4 is 17.7 Å². The largest absolute Gasteiger partial charge is 0.478 e. The third-order valence-corrected chi connectivity index (χ3v) is 3.06. The number of carbonyl (C=O) groups is 2. The Morgan fingerprint density at radius 3 is 2.13 bits per heavy atom. The minimum absolute atomic E-state index is 0.0610. The average Bonchev–Trinajstić information content (AvgIpc) is 2.52. The van der Waals surface area contributed by atoms with Gasteiger partial charge in [0.25, 0.3) is 0 Å². The van der Waals surface area contributed by atoms with Gasteiger partial charge in [-0.3, -0.25) is 0 Å². The number of carboxylic acid groups (broad SMARTS) is 2. The van der Waals surface area contributed by atoms with Crippen LogP contribution in [0.15, 0.2) is 47.6 Å². The van der Waals surface area contributed by atoms with E-state index in [1.807, 2.05) is 0 Å². The molecule has 0 fully saturated rings. The molecule has 6 nitrogen and oxygen atoms in total. The lowest BCUT2D eigenvalue weighted by Crippen LogP contribution is -2.16. The molecule has 0 aromatic heterocycles. The van der Waals surface area contributed by atoms with E-state index in [0.717, 1.165) is 0 Å². The van der Waals surface area contributed by atoms with Gasteiger partial charge in [-0.2, -0.15) is 0 Å². The highest BCUT2D eigenvalue weighted by molar-refractivity contribution is 6.19. The maximum atomic E-state index is 13.1. The fourth-order valence-corrected chi connectivity index (χ4v) is 2.11. The Balaban J connectivity index is 2.72. The smallest absolute Gasteiger partial charge is 0.337 e. The Bertz CT molecular complexity index is 784. The van der Waals surface area contributed by atoms with Crippen molar-refractivity contribution in [3.05, 3.63) is 70.5 Å². The first-order valence-electron chi connectivity index (χ1n) is 6.42. The van der Waals surface area contributed by atoms with Gasteiger partial charge in [-0.15, -0.1) is 0 Å². The van der Waals surface area contributed by atoms with E-state index in [1.165, 1.54) is 49.6 Å². The summed E-state index contributed by atoms with van der Waals surface area (Å²) in [5, 5.41) is 22.3.